The van der Waals surface area contributed by atoms with Crippen LogP contribution in [0.2, 0.25) is 0 Å². The molecule has 0 spiro atoms. The third kappa shape index (κ3) is 1.85. The molecule has 2 rings (SSSR count). The Balaban J connectivity index is 2.20. The number of nitrogens with two attached hydrogens (primary N) is 1. The molecule has 1 saturated carbocycles. The molecular weight excluding hydrogens is 190 g/mol. The number of hydrogen-bond donors (Lipinski definition) is 1. The summed E-state index contributed by atoms with van der Waals surface area (Å²) >= 11 is 0. The van der Waals surface area contributed by atoms with E-state index in [0.29, 0.717) is 5.82 Å². The molecule has 4 heteroatoms. The molecule has 1 aromatic rings. The van der Waals surface area contributed by atoms with Gasteiger partial charge in [0.2, 0.25) is 5.91 Å². The lowest BCUT2D eigenvalue weighted by Crippen LogP contribution is -2.24. The standard InChI is InChI=1S/C11H15N3O/c1-8(15)14(2)10-4-3-9(7-13-10)11(12)5-6-11/h3-4,7H,5-6,12H2,1-2H3. The zero-order chi connectivity index (χ0) is 11.1. The normalized spacial score (nSPS) is 17.3. The molecule has 0 saturated heterocycles. The maximum atomic E-state index is 11.1. The quantitative estimate of drug-likeness (QED) is 0.784. The molecule has 0 atom stereocenters. The predicted octanol–water partition coefficient (Wildman–Crippen LogP) is 1.01. The summed E-state index contributed by atoms with van der Waals surface area (Å²) in [5.74, 6) is 0.639. The zero-order valence-corrected chi connectivity index (χ0v) is 9.03. The first kappa shape index (κ1) is 10.1. The van der Waals surface area contributed by atoms with E-state index in [1.54, 1.807) is 13.2 Å². The molecule has 1 amide bonds. The zero-order valence-electron chi connectivity index (χ0n) is 9.03. The molecule has 0 aliphatic heterocycles. The molecule has 1 aromatic heterocycles. The first-order chi connectivity index (χ1) is 7.03. The maximum Gasteiger partial charge on any atom is 0.224 e. The topological polar surface area (TPSA) is 59.2 Å². The monoisotopic (exact) mass is 205 g/mol. The molecule has 0 radical (unpaired) electrons. The van der Waals surface area contributed by atoms with Gasteiger partial charge in [0.05, 0.1) is 0 Å². The maximum absolute atomic E-state index is 11.1. The highest BCUT2D eigenvalue weighted by Gasteiger charge is 2.40. The Bertz CT molecular complexity index is 381. The molecule has 4 nitrogen and oxygen atoms in total. The second-order valence-electron chi connectivity index (χ2n) is 4.14. The van der Waals surface area contributed by atoms with Crippen molar-refractivity contribution in [3.8, 4) is 0 Å². The lowest BCUT2D eigenvalue weighted by atomic mass is 10.1. The fraction of sp³-hybridized carbons (Fsp3) is 0.455. The number of carbonyl (C=O) groups is 1. The number of anilines is 1. The molecule has 15 heavy (non-hydrogen) atoms. The van der Waals surface area contributed by atoms with E-state index in [2.05, 4.69) is 4.98 Å². The van der Waals surface area contributed by atoms with Crippen LogP contribution in [0, 0.1) is 0 Å². The molecular formula is C11H15N3O. The summed E-state index contributed by atoms with van der Waals surface area (Å²) in [6.07, 6.45) is 3.81. The van der Waals surface area contributed by atoms with Crippen molar-refractivity contribution in [1.29, 1.82) is 0 Å². The summed E-state index contributed by atoms with van der Waals surface area (Å²) in [4.78, 5) is 16.8. The molecule has 1 heterocycles. The van der Waals surface area contributed by atoms with Crippen LogP contribution in [0.3, 0.4) is 0 Å². The summed E-state index contributed by atoms with van der Waals surface area (Å²) in [6, 6.07) is 3.79. The molecule has 1 fully saturated rings. The number of nitrogens with zero attached hydrogens (tertiary/aromatic N) is 2. The van der Waals surface area contributed by atoms with Crippen LogP contribution >= 0.6 is 0 Å². The molecule has 80 valence electrons. The van der Waals surface area contributed by atoms with Crippen LogP contribution in [0.25, 0.3) is 0 Å². The van der Waals surface area contributed by atoms with Crippen molar-refractivity contribution < 1.29 is 4.79 Å². The number of carbonyl (C=O) groups excluding carboxylic acids is 1. The van der Waals surface area contributed by atoms with Crippen LogP contribution in [-0.4, -0.2) is 17.9 Å². The highest BCUT2D eigenvalue weighted by molar-refractivity contribution is 5.89. The van der Waals surface area contributed by atoms with E-state index < -0.39 is 0 Å². The average molecular weight is 205 g/mol. The van der Waals surface area contributed by atoms with Crippen LogP contribution in [0.1, 0.15) is 25.3 Å². The Kier molecular flexibility index (Phi) is 2.23. The fourth-order valence-electron chi connectivity index (χ4n) is 1.46. The van der Waals surface area contributed by atoms with Gasteiger partial charge in [0.25, 0.3) is 0 Å². The summed E-state index contributed by atoms with van der Waals surface area (Å²) in [5, 5.41) is 0. The lowest BCUT2D eigenvalue weighted by Gasteiger charge is -2.15. The van der Waals surface area contributed by atoms with Crippen LogP contribution in [0.15, 0.2) is 18.3 Å². The lowest BCUT2D eigenvalue weighted by molar-refractivity contribution is -0.116. The van der Waals surface area contributed by atoms with Gasteiger partial charge < -0.3 is 10.6 Å². The number of amides is 1. The summed E-state index contributed by atoms with van der Waals surface area (Å²) < 4.78 is 0. The van der Waals surface area contributed by atoms with E-state index in [0.717, 1.165) is 18.4 Å². The summed E-state index contributed by atoms with van der Waals surface area (Å²) in [5.41, 5.74) is 6.94. The smallest absolute Gasteiger partial charge is 0.224 e. The molecule has 1 aliphatic carbocycles. The van der Waals surface area contributed by atoms with Crippen molar-refractivity contribution in [3.05, 3.63) is 23.9 Å². The van der Waals surface area contributed by atoms with Crippen molar-refractivity contribution in [2.45, 2.75) is 25.3 Å². The van der Waals surface area contributed by atoms with E-state index in [1.807, 2.05) is 12.1 Å². The molecule has 1 aliphatic rings. The highest BCUT2D eigenvalue weighted by atomic mass is 16.2. The number of aromatic nitrogens is 1. The van der Waals surface area contributed by atoms with Crippen molar-refractivity contribution in [1.82, 2.24) is 4.98 Å². The Morgan fingerprint density at radius 2 is 2.20 bits per heavy atom. The molecule has 2 N–H and O–H groups in total. The number of hydrogen-bond acceptors (Lipinski definition) is 3. The first-order valence-electron chi connectivity index (χ1n) is 5.03. The van der Waals surface area contributed by atoms with Gasteiger partial charge in [0.1, 0.15) is 5.82 Å². The fourth-order valence-corrected chi connectivity index (χ4v) is 1.46. The Morgan fingerprint density at radius 1 is 1.53 bits per heavy atom. The van der Waals surface area contributed by atoms with Crippen molar-refractivity contribution >= 4 is 11.7 Å². The van der Waals surface area contributed by atoms with E-state index in [9.17, 15) is 4.79 Å². The molecule has 0 bridgehead atoms. The van der Waals surface area contributed by atoms with Crippen LogP contribution in [-0.2, 0) is 10.3 Å². The molecule has 0 unspecified atom stereocenters. The van der Waals surface area contributed by atoms with Crippen molar-refractivity contribution in [3.63, 3.8) is 0 Å². The third-order valence-corrected chi connectivity index (χ3v) is 2.93. The summed E-state index contributed by atoms with van der Waals surface area (Å²) in [7, 11) is 1.71. The van der Waals surface area contributed by atoms with Gasteiger partial charge >= 0.3 is 0 Å². The minimum absolute atomic E-state index is 0.0240. The van der Waals surface area contributed by atoms with E-state index in [-0.39, 0.29) is 11.4 Å². The minimum Gasteiger partial charge on any atom is -0.321 e. The first-order valence-corrected chi connectivity index (χ1v) is 5.03. The van der Waals surface area contributed by atoms with Gasteiger partial charge in [-0.3, -0.25) is 4.79 Å². The van der Waals surface area contributed by atoms with Crippen LogP contribution in [0.5, 0.6) is 0 Å². The second kappa shape index (κ2) is 3.31. The van der Waals surface area contributed by atoms with E-state index in [1.165, 1.54) is 11.8 Å². The van der Waals surface area contributed by atoms with Crippen LogP contribution in [0.4, 0.5) is 5.82 Å². The van der Waals surface area contributed by atoms with E-state index >= 15 is 0 Å². The van der Waals surface area contributed by atoms with Crippen molar-refractivity contribution in [2.24, 2.45) is 5.73 Å². The van der Waals surface area contributed by atoms with E-state index in [4.69, 9.17) is 5.73 Å². The van der Waals surface area contributed by atoms with Crippen molar-refractivity contribution in [2.75, 3.05) is 11.9 Å². The van der Waals surface area contributed by atoms with Gasteiger partial charge in [0, 0.05) is 25.7 Å². The SMILES string of the molecule is CC(=O)N(C)c1ccc(C2(N)CC2)cn1. The number of pyridine rings is 1. The van der Waals surface area contributed by atoms with Gasteiger partial charge in [-0.25, -0.2) is 4.98 Å². The van der Waals surface area contributed by atoms with Gasteiger partial charge in [0.15, 0.2) is 0 Å². The van der Waals surface area contributed by atoms with Crippen LogP contribution < -0.4 is 10.6 Å². The molecule has 0 aromatic carbocycles. The second-order valence-corrected chi connectivity index (χ2v) is 4.14. The Labute approximate surface area is 89.1 Å². The predicted molar refractivity (Wildman–Crippen MR) is 58.4 cm³/mol. The van der Waals surface area contributed by atoms with Gasteiger partial charge in [-0.15, -0.1) is 0 Å². The Hall–Kier alpha value is -1.42. The largest absolute Gasteiger partial charge is 0.321 e. The highest BCUT2D eigenvalue weighted by Crippen LogP contribution is 2.42. The van der Waals surface area contributed by atoms with Gasteiger partial charge in [-0.05, 0) is 24.5 Å². The van der Waals surface area contributed by atoms with Gasteiger partial charge in [-0.2, -0.15) is 0 Å². The average Bonchev–Trinajstić information content (AvgIpc) is 2.97. The summed E-state index contributed by atoms with van der Waals surface area (Å²) in [6.45, 7) is 1.51. The van der Waals surface area contributed by atoms with Gasteiger partial charge in [-0.1, -0.05) is 6.07 Å². The Morgan fingerprint density at radius 3 is 2.60 bits per heavy atom. The number of rotatable bonds is 2. The minimum atomic E-state index is -0.152. The third-order valence-electron chi connectivity index (χ3n) is 2.93.